The molecule has 6 heteroatoms. The highest BCUT2D eigenvalue weighted by Crippen LogP contribution is 2.21. The van der Waals surface area contributed by atoms with E-state index in [2.05, 4.69) is 5.10 Å². The molecule has 0 unspecified atom stereocenters. The lowest BCUT2D eigenvalue weighted by Crippen LogP contribution is -2.23. The Kier molecular flexibility index (Phi) is 4.52. The van der Waals surface area contributed by atoms with Gasteiger partial charge in [0.05, 0.1) is 12.1 Å². The average Bonchev–Trinajstić information content (AvgIpc) is 2.60. The number of benzene rings is 2. The molecule has 0 aliphatic rings. The molecule has 3 rings (SSSR count). The number of carbonyl (C=O) groups excluding carboxylic acids is 1. The summed E-state index contributed by atoms with van der Waals surface area (Å²) < 4.78 is 29.9. The van der Waals surface area contributed by atoms with Gasteiger partial charge >= 0.3 is 0 Å². The predicted molar refractivity (Wildman–Crippen MR) is 88.6 cm³/mol. The SMILES string of the molecule is Cc1ccc(C(=O)c2c(F)ccc(Cn3ncccc3=O)c2F)cc1. The second kappa shape index (κ2) is 6.76. The molecule has 4 nitrogen and oxygen atoms in total. The number of nitrogens with zero attached hydrogens (tertiary/aromatic N) is 2. The maximum Gasteiger partial charge on any atom is 0.267 e. The van der Waals surface area contributed by atoms with E-state index in [1.54, 1.807) is 12.1 Å². The Hall–Kier alpha value is -3.15. The van der Waals surface area contributed by atoms with Gasteiger partial charge in [0.25, 0.3) is 5.56 Å². The predicted octanol–water partition coefficient (Wildman–Crippen LogP) is 3.11. The number of ketones is 1. The van der Waals surface area contributed by atoms with Crippen LogP contribution >= 0.6 is 0 Å². The van der Waals surface area contributed by atoms with Gasteiger partial charge in [0.2, 0.25) is 0 Å². The van der Waals surface area contributed by atoms with E-state index in [4.69, 9.17) is 0 Å². The fraction of sp³-hybridized carbons (Fsp3) is 0.105. The van der Waals surface area contributed by atoms with Crippen LogP contribution in [0.3, 0.4) is 0 Å². The van der Waals surface area contributed by atoms with Crippen LogP contribution in [0, 0.1) is 18.6 Å². The molecule has 2 aromatic carbocycles. The van der Waals surface area contributed by atoms with Crippen molar-refractivity contribution in [1.82, 2.24) is 9.78 Å². The molecule has 0 amide bonds. The van der Waals surface area contributed by atoms with Gasteiger partial charge in [0, 0.05) is 23.4 Å². The Labute approximate surface area is 142 Å². The summed E-state index contributed by atoms with van der Waals surface area (Å²) in [5.74, 6) is -2.67. The molecule has 0 bridgehead atoms. The molecule has 0 radical (unpaired) electrons. The minimum absolute atomic E-state index is 0.0117. The standard InChI is InChI=1S/C19H14F2N2O2/c1-12-4-6-13(7-5-12)19(25)17-15(20)9-8-14(18(17)21)11-23-16(24)3-2-10-22-23/h2-10H,11H2,1H3. The van der Waals surface area contributed by atoms with Gasteiger partial charge in [-0.05, 0) is 19.1 Å². The second-order valence-electron chi connectivity index (χ2n) is 5.61. The number of halogens is 2. The Balaban J connectivity index is 2.03. The minimum atomic E-state index is -0.983. The molecule has 0 atom stereocenters. The van der Waals surface area contributed by atoms with Crippen molar-refractivity contribution in [2.24, 2.45) is 0 Å². The first-order valence-electron chi connectivity index (χ1n) is 7.58. The van der Waals surface area contributed by atoms with Crippen molar-refractivity contribution in [3.63, 3.8) is 0 Å². The van der Waals surface area contributed by atoms with E-state index < -0.39 is 28.5 Å². The maximum absolute atomic E-state index is 14.8. The third kappa shape index (κ3) is 3.38. The molecule has 0 aliphatic heterocycles. The minimum Gasteiger partial charge on any atom is -0.288 e. The summed E-state index contributed by atoms with van der Waals surface area (Å²) in [4.78, 5) is 24.2. The highest BCUT2D eigenvalue weighted by atomic mass is 19.1. The van der Waals surface area contributed by atoms with E-state index >= 15 is 0 Å². The van der Waals surface area contributed by atoms with Crippen molar-refractivity contribution >= 4 is 5.78 Å². The van der Waals surface area contributed by atoms with Crippen molar-refractivity contribution in [3.8, 4) is 0 Å². The van der Waals surface area contributed by atoms with Gasteiger partial charge in [-0.3, -0.25) is 9.59 Å². The molecule has 3 aromatic rings. The fourth-order valence-corrected chi connectivity index (χ4v) is 2.44. The van der Waals surface area contributed by atoms with Gasteiger partial charge in [-0.1, -0.05) is 35.9 Å². The number of aryl methyl sites for hydroxylation is 1. The third-order valence-electron chi connectivity index (χ3n) is 3.82. The number of carbonyl (C=O) groups is 1. The van der Waals surface area contributed by atoms with Crippen LogP contribution in [0.1, 0.15) is 27.0 Å². The third-order valence-corrected chi connectivity index (χ3v) is 3.82. The molecule has 0 aliphatic carbocycles. The van der Waals surface area contributed by atoms with Gasteiger partial charge in [-0.15, -0.1) is 0 Å². The molecule has 1 aromatic heterocycles. The lowest BCUT2D eigenvalue weighted by molar-refractivity contribution is 0.103. The fourth-order valence-electron chi connectivity index (χ4n) is 2.44. The average molecular weight is 340 g/mol. The van der Waals surface area contributed by atoms with Gasteiger partial charge < -0.3 is 0 Å². The largest absolute Gasteiger partial charge is 0.288 e. The van der Waals surface area contributed by atoms with Gasteiger partial charge in [0.15, 0.2) is 5.78 Å². The van der Waals surface area contributed by atoms with E-state index in [-0.39, 0.29) is 17.7 Å². The molecule has 0 N–H and O–H groups in total. The Morgan fingerprint density at radius 1 is 1.08 bits per heavy atom. The lowest BCUT2D eigenvalue weighted by atomic mass is 9.99. The van der Waals surface area contributed by atoms with Crippen LogP contribution in [0.4, 0.5) is 8.78 Å². The Morgan fingerprint density at radius 3 is 2.48 bits per heavy atom. The number of hydrogen-bond acceptors (Lipinski definition) is 3. The zero-order chi connectivity index (χ0) is 18.0. The molecule has 25 heavy (non-hydrogen) atoms. The van der Waals surface area contributed by atoms with Gasteiger partial charge in [-0.25, -0.2) is 13.5 Å². The molecular weight excluding hydrogens is 326 g/mol. The van der Waals surface area contributed by atoms with Crippen molar-refractivity contribution in [1.29, 1.82) is 0 Å². The Morgan fingerprint density at radius 2 is 1.80 bits per heavy atom. The van der Waals surface area contributed by atoms with Crippen molar-refractivity contribution in [3.05, 3.63) is 99.0 Å². The van der Waals surface area contributed by atoms with Gasteiger partial charge in [-0.2, -0.15) is 5.10 Å². The van der Waals surface area contributed by atoms with E-state index in [9.17, 15) is 18.4 Å². The maximum atomic E-state index is 14.8. The van der Waals surface area contributed by atoms with Crippen LogP contribution in [0.5, 0.6) is 0 Å². The topological polar surface area (TPSA) is 52.0 Å². The monoisotopic (exact) mass is 340 g/mol. The summed E-state index contributed by atoms with van der Waals surface area (Å²) in [5.41, 5.74) is 0.0805. The van der Waals surface area contributed by atoms with E-state index in [1.807, 2.05) is 6.92 Å². The van der Waals surface area contributed by atoms with Crippen molar-refractivity contribution < 1.29 is 13.6 Å². The van der Waals surface area contributed by atoms with Crippen molar-refractivity contribution in [2.75, 3.05) is 0 Å². The van der Waals surface area contributed by atoms with Crippen LogP contribution in [-0.2, 0) is 6.54 Å². The summed E-state index contributed by atoms with van der Waals surface area (Å²) >= 11 is 0. The summed E-state index contributed by atoms with van der Waals surface area (Å²) in [6, 6.07) is 11.4. The molecule has 1 heterocycles. The normalized spacial score (nSPS) is 10.7. The quantitative estimate of drug-likeness (QED) is 0.686. The van der Waals surface area contributed by atoms with E-state index in [0.717, 1.165) is 16.3 Å². The summed E-state index contributed by atoms with van der Waals surface area (Å²) in [6.07, 6.45) is 1.39. The first kappa shape index (κ1) is 16.7. The van der Waals surface area contributed by atoms with Gasteiger partial charge in [0.1, 0.15) is 11.6 Å². The smallest absolute Gasteiger partial charge is 0.267 e. The molecule has 0 saturated carbocycles. The number of rotatable bonds is 4. The molecule has 126 valence electrons. The molecule has 0 fully saturated rings. The summed E-state index contributed by atoms with van der Waals surface area (Å²) in [7, 11) is 0. The van der Waals surface area contributed by atoms with Crippen LogP contribution in [0.15, 0.2) is 59.5 Å². The van der Waals surface area contributed by atoms with E-state index in [0.29, 0.717) is 0 Å². The van der Waals surface area contributed by atoms with E-state index in [1.165, 1.54) is 36.5 Å². The highest BCUT2D eigenvalue weighted by molar-refractivity contribution is 6.09. The van der Waals surface area contributed by atoms with Crippen molar-refractivity contribution in [2.45, 2.75) is 13.5 Å². The zero-order valence-electron chi connectivity index (χ0n) is 13.4. The molecular formula is C19H14F2N2O2. The first-order chi connectivity index (χ1) is 12.0. The summed E-state index contributed by atoms with van der Waals surface area (Å²) in [5, 5.41) is 3.84. The number of hydrogen-bond donors (Lipinski definition) is 0. The summed E-state index contributed by atoms with van der Waals surface area (Å²) in [6.45, 7) is 1.65. The first-order valence-corrected chi connectivity index (χ1v) is 7.58. The van der Waals surface area contributed by atoms with Crippen LogP contribution in [0.2, 0.25) is 0 Å². The highest BCUT2D eigenvalue weighted by Gasteiger charge is 2.22. The van der Waals surface area contributed by atoms with Crippen LogP contribution in [0.25, 0.3) is 0 Å². The molecule has 0 spiro atoms. The van der Waals surface area contributed by atoms with Crippen LogP contribution < -0.4 is 5.56 Å². The number of aromatic nitrogens is 2. The molecule has 0 saturated heterocycles. The van der Waals surface area contributed by atoms with Crippen LogP contribution in [-0.4, -0.2) is 15.6 Å². The lowest BCUT2D eigenvalue weighted by Gasteiger charge is -2.10. The Bertz CT molecular complexity index is 995. The second-order valence-corrected chi connectivity index (χ2v) is 5.61. The zero-order valence-corrected chi connectivity index (χ0v) is 13.4.